The van der Waals surface area contributed by atoms with Crippen molar-refractivity contribution in [2.45, 2.75) is 85.9 Å². The largest absolute Gasteiger partial charge is 0.444 e. The number of aryl methyl sites for hydroxylation is 2. The summed E-state index contributed by atoms with van der Waals surface area (Å²) in [4.78, 5) is 16.8. The average Bonchev–Trinajstić information content (AvgIpc) is 2.85. The second kappa shape index (κ2) is 11.7. The Bertz CT molecular complexity index is 675. The van der Waals surface area contributed by atoms with E-state index in [2.05, 4.69) is 34.9 Å². The Morgan fingerprint density at radius 2 is 1.93 bits per heavy atom. The second-order valence-corrected chi connectivity index (χ2v) is 8.33. The van der Waals surface area contributed by atoms with Crippen LogP contribution in [-0.2, 0) is 18.3 Å². The SMILES string of the molecule is CCCCC(CNC(=O)OC(C)(C)C)NC(=NCc1c(C)nn(C)c1C)NCC. The summed E-state index contributed by atoms with van der Waals surface area (Å²) in [5.41, 5.74) is 2.75. The van der Waals surface area contributed by atoms with Gasteiger partial charge in [-0.05, 0) is 48.0 Å². The predicted molar refractivity (Wildman–Crippen MR) is 118 cm³/mol. The second-order valence-electron chi connectivity index (χ2n) is 8.33. The standard InChI is InChI=1S/C21H40N6O2/c1-9-11-12-17(13-24-20(28)29-21(5,6)7)25-19(22-10-2)23-14-18-15(3)26-27(8)16(18)4/h17H,9-14H2,1-8H3,(H,24,28)(H2,22,23,25). The minimum atomic E-state index is -0.508. The number of guanidine groups is 1. The van der Waals surface area contributed by atoms with E-state index in [9.17, 15) is 4.79 Å². The number of nitrogens with zero attached hydrogens (tertiary/aromatic N) is 3. The molecule has 3 N–H and O–H groups in total. The quantitative estimate of drug-likeness (QED) is 0.431. The fourth-order valence-electron chi connectivity index (χ4n) is 2.91. The van der Waals surface area contributed by atoms with Gasteiger partial charge in [0.1, 0.15) is 5.60 Å². The van der Waals surface area contributed by atoms with E-state index >= 15 is 0 Å². The molecule has 1 atom stereocenters. The molecule has 0 saturated heterocycles. The lowest BCUT2D eigenvalue weighted by Crippen LogP contribution is -2.49. The number of unbranched alkanes of at least 4 members (excludes halogenated alkanes) is 1. The molecule has 1 heterocycles. The van der Waals surface area contributed by atoms with Crippen LogP contribution >= 0.6 is 0 Å². The third-order valence-electron chi connectivity index (χ3n) is 4.54. The maximum Gasteiger partial charge on any atom is 0.407 e. The van der Waals surface area contributed by atoms with Gasteiger partial charge in [0.05, 0.1) is 12.2 Å². The predicted octanol–water partition coefficient (Wildman–Crippen LogP) is 3.18. The zero-order valence-corrected chi connectivity index (χ0v) is 19.5. The molecule has 166 valence electrons. The van der Waals surface area contributed by atoms with Gasteiger partial charge in [0.25, 0.3) is 0 Å². The van der Waals surface area contributed by atoms with E-state index in [1.165, 1.54) is 0 Å². The molecule has 8 nitrogen and oxygen atoms in total. The van der Waals surface area contributed by atoms with Crippen LogP contribution in [0.25, 0.3) is 0 Å². The number of rotatable bonds is 9. The van der Waals surface area contributed by atoms with Crippen molar-refractivity contribution in [2.24, 2.45) is 12.0 Å². The van der Waals surface area contributed by atoms with Crippen molar-refractivity contribution in [3.63, 3.8) is 0 Å². The van der Waals surface area contributed by atoms with Gasteiger partial charge in [-0.1, -0.05) is 19.8 Å². The molecular weight excluding hydrogens is 368 g/mol. The summed E-state index contributed by atoms with van der Waals surface area (Å²) in [7, 11) is 1.95. The van der Waals surface area contributed by atoms with Gasteiger partial charge in [-0.2, -0.15) is 5.10 Å². The van der Waals surface area contributed by atoms with Crippen molar-refractivity contribution < 1.29 is 9.53 Å². The third kappa shape index (κ3) is 9.19. The Morgan fingerprint density at radius 3 is 2.45 bits per heavy atom. The molecule has 0 aromatic carbocycles. The molecule has 1 amide bonds. The monoisotopic (exact) mass is 408 g/mol. The normalized spacial score (nSPS) is 13.2. The van der Waals surface area contributed by atoms with E-state index in [1.807, 2.05) is 46.3 Å². The highest BCUT2D eigenvalue weighted by Gasteiger charge is 2.18. The zero-order chi connectivity index (χ0) is 22.0. The highest BCUT2D eigenvalue weighted by Crippen LogP contribution is 2.13. The van der Waals surface area contributed by atoms with Crippen LogP contribution in [0.15, 0.2) is 4.99 Å². The summed E-state index contributed by atoms with van der Waals surface area (Å²) in [6.07, 6.45) is 2.69. The lowest BCUT2D eigenvalue weighted by molar-refractivity contribution is 0.0522. The van der Waals surface area contributed by atoms with E-state index in [0.29, 0.717) is 13.1 Å². The van der Waals surface area contributed by atoms with Crippen LogP contribution in [0.1, 0.15) is 70.8 Å². The van der Waals surface area contributed by atoms with Crippen LogP contribution in [-0.4, -0.2) is 46.6 Å². The van der Waals surface area contributed by atoms with Gasteiger partial charge < -0.3 is 20.7 Å². The first kappa shape index (κ1) is 24.8. The molecule has 0 aliphatic rings. The molecule has 0 aliphatic heterocycles. The van der Waals surface area contributed by atoms with Crippen molar-refractivity contribution in [1.82, 2.24) is 25.7 Å². The van der Waals surface area contributed by atoms with Crippen LogP contribution in [0.2, 0.25) is 0 Å². The lowest BCUT2D eigenvalue weighted by atomic mass is 10.1. The molecule has 0 spiro atoms. The van der Waals surface area contributed by atoms with E-state index in [0.717, 1.165) is 48.7 Å². The van der Waals surface area contributed by atoms with E-state index in [4.69, 9.17) is 9.73 Å². The molecule has 0 aliphatic carbocycles. The maximum absolute atomic E-state index is 12.0. The first-order valence-corrected chi connectivity index (χ1v) is 10.6. The van der Waals surface area contributed by atoms with Crippen molar-refractivity contribution in [1.29, 1.82) is 0 Å². The summed E-state index contributed by atoms with van der Waals surface area (Å²) in [5, 5.41) is 14.1. The fraction of sp³-hybridized carbons (Fsp3) is 0.762. The van der Waals surface area contributed by atoms with Crippen molar-refractivity contribution in [3.05, 3.63) is 17.0 Å². The van der Waals surface area contributed by atoms with Crippen LogP contribution in [0, 0.1) is 13.8 Å². The summed E-state index contributed by atoms with van der Waals surface area (Å²) < 4.78 is 7.23. The number of hydrogen-bond acceptors (Lipinski definition) is 4. The van der Waals surface area contributed by atoms with Gasteiger partial charge in [-0.25, -0.2) is 9.79 Å². The van der Waals surface area contributed by atoms with Crippen molar-refractivity contribution in [2.75, 3.05) is 13.1 Å². The first-order chi connectivity index (χ1) is 13.6. The van der Waals surface area contributed by atoms with Crippen LogP contribution in [0.4, 0.5) is 4.79 Å². The minimum absolute atomic E-state index is 0.0661. The van der Waals surface area contributed by atoms with E-state index in [-0.39, 0.29) is 6.04 Å². The number of aliphatic imine (C=N–C) groups is 1. The summed E-state index contributed by atoms with van der Waals surface area (Å²) in [5.74, 6) is 0.738. The highest BCUT2D eigenvalue weighted by atomic mass is 16.6. The molecular formula is C21H40N6O2. The Labute approximate surface area is 175 Å². The molecule has 1 aromatic heterocycles. The molecule has 1 aromatic rings. The Morgan fingerprint density at radius 1 is 1.24 bits per heavy atom. The van der Waals surface area contributed by atoms with Gasteiger partial charge in [-0.15, -0.1) is 0 Å². The highest BCUT2D eigenvalue weighted by molar-refractivity contribution is 5.80. The van der Waals surface area contributed by atoms with Gasteiger partial charge in [0.2, 0.25) is 0 Å². The van der Waals surface area contributed by atoms with Gasteiger partial charge >= 0.3 is 6.09 Å². The van der Waals surface area contributed by atoms with Crippen molar-refractivity contribution >= 4 is 12.1 Å². The van der Waals surface area contributed by atoms with Crippen LogP contribution < -0.4 is 16.0 Å². The summed E-state index contributed by atoms with van der Waals surface area (Å²) >= 11 is 0. The Hall–Kier alpha value is -2.25. The molecule has 0 fully saturated rings. The number of carbonyl (C=O) groups is 1. The molecule has 1 rings (SSSR count). The summed E-state index contributed by atoms with van der Waals surface area (Å²) in [6, 6.07) is 0.0661. The fourth-order valence-corrected chi connectivity index (χ4v) is 2.91. The van der Waals surface area contributed by atoms with Crippen LogP contribution in [0.5, 0.6) is 0 Å². The van der Waals surface area contributed by atoms with Crippen LogP contribution in [0.3, 0.4) is 0 Å². The Balaban J connectivity index is 2.80. The summed E-state index contributed by atoms with van der Waals surface area (Å²) in [6.45, 7) is 15.6. The van der Waals surface area contributed by atoms with Gasteiger partial charge in [0.15, 0.2) is 5.96 Å². The Kier molecular flexibility index (Phi) is 9.98. The molecule has 8 heteroatoms. The molecule has 29 heavy (non-hydrogen) atoms. The molecule has 1 unspecified atom stereocenters. The van der Waals surface area contributed by atoms with E-state index < -0.39 is 11.7 Å². The molecule has 0 radical (unpaired) electrons. The number of aromatic nitrogens is 2. The smallest absolute Gasteiger partial charge is 0.407 e. The zero-order valence-electron chi connectivity index (χ0n) is 19.5. The van der Waals surface area contributed by atoms with E-state index in [1.54, 1.807) is 0 Å². The number of alkyl carbamates (subject to hydrolysis) is 1. The van der Waals surface area contributed by atoms with Crippen molar-refractivity contribution in [3.8, 4) is 0 Å². The lowest BCUT2D eigenvalue weighted by Gasteiger charge is -2.24. The topological polar surface area (TPSA) is 92.6 Å². The number of hydrogen-bond donors (Lipinski definition) is 3. The van der Waals surface area contributed by atoms with Gasteiger partial charge in [-0.3, -0.25) is 4.68 Å². The maximum atomic E-state index is 12.0. The molecule has 0 saturated carbocycles. The number of carbonyl (C=O) groups excluding carboxylic acids is 1. The van der Waals surface area contributed by atoms with Gasteiger partial charge in [0, 0.05) is 37.4 Å². The first-order valence-electron chi connectivity index (χ1n) is 10.6. The minimum Gasteiger partial charge on any atom is -0.444 e. The average molecular weight is 409 g/mol. The molecule has 0 bridgehead atoms. The third-order valence-corrected chi connectivity index (χ3v) is 4.54. The number of ether oxygens (including phenoxy) is 1. The number of amides is 1. The number of nitrogens with one attached hydrogen (secondary N) is 3.